The minimum Gasteiger partial charge on any atom is -0.366 e. The van der Waals surface area contributed by atoms with Crippen LogP contribution < -0.4 is 20.0 Å². The number of urea groups is 1. The van der Waals surface area contributed by atoms with E-state index in [0.29, 0.717) is 31.1 Å². The molecule has 7 nitrogen and oxygen atoms in total. The minimum atomic E-state index is -4.25. The fourth-order valence-corrected chi connectivity index (χ4v) is 4.97. The number of rotatable bonds is 2. The molecule has 0 aromatic carbocycles. The molecular weight excluding hydrogens is 440 g/mol. The summed E-state index contributed by atoms with van der Waals surface area (Å²) in [7, 11) is 0. The molecule has 0 aliphatic carbocycles. The zero-order chi connectivity index (χ0) is 23.2. The van der Waals surface area contributed by atoms with E-state index >= 15 is 0 Å². The smallest absolute Gasteiger partial charge is 0.366 e. The third kappa shape index (κ3) is 4.28. The predicted octanol–water partition coefficient (Wildman–Crippen LogP) is 4.42. The lowest BCUT2D eigenvalue weighted by atomic mass is 9.97. The van der Waals surface area contributed by atoms with Crippen LogP contribution in [0.2, 0.25) is 0 Å². The fourth-order valence-electron chi connectivity index (χ4n) is 4.97. The summed E-state index contributed by atoms with van der Waals surface area (Å²) >= 11 is 0. The number of nitrogens with zero attached hydrogens (tertiary/aromatic N) is 5. The highest BCUT2D eigenvalue weighted by Gasteiger charge is 2.43. The van der Waals surface area contributed by atoms with Gasteiger partial charge in [-0.3, -0.25) is 9.88 Å². The van der Waals surface area contributed by atoms with Crippen molar-refractivity contribution >= 4 is 29.0 Å². The van der Waals surface area contributed by atoms with Gasteiger partial charge in [0.15, 0.2) is 5.82 Å². The second kappa shape index (κ2) is 8.35. The molecule has 2 saturated heterocycles. The fraction of sp³-hybridized carbons (Fsp3) is 0.500. The first kappa shape index (κ1) is 21.7. The Morgan fingerprint density at radius 1 is 1.06 bits per heavy atom. The van der Waals surface area contributed by atoms with Crippen LogP contribution in [-0.4, -0.2) is 54.4 Å². The quantitative estimate of drug-likeness (QED) is 0.667. The molecule has 5 rings (SSSR count). The number of carbonyl (C=O) groups is 1. The molecular formula is C22H24F4N6O. The Morgan fingerprint density at radius 3 is 2.64 bits per heavy atom. The summed E-state index contributed by atoms with van der Waals surface area (Å²) < 4.78 is 53.5. The number of alkyl halides is 3. The lowest BCUT2D eigenvalue weighted by Crippen LogP contribution is -2.56. The summed E-state index contributed by atoms with van der Waals surface area (Å²) in [6.45, 7) is 1.80. The molecule has 2 aromatic rings. The minimum absolute atomic E-state index is 0.108. The standard InChI is InChI=1S/C22H24F4N6O/c23-15-9-16(11-27-10-15)28-21(33)32-17-4-2-7-30(13-17)18-5-6-19(29-20(18)32)31-8-1-3-14(12-31)22(24,25)26/h5-6,9-11,14,17H,1-4,7-8,12-13H2,(H,28,33). The molecule has 3 aliphatic heterocycles. The van der Waals surface area contributed by atoms with Crippen molar-refractivity contribution in [3.8, 4) is 0 Å². The lowest BCUT2D eigenvalue weighted by Gasteiger charge is -2.46. The van der Waals surface area contributed by atoms with Crippen molar-refractivity contribution in [1.29, 1.82) is 0 Å². The summed E-state index contributed by atoms with van der Waals surface area (Å²) in [6, 6.07) is 4.14. The van der Waals surface area contributed by atoms with Crippen molar-refractivity contribution < 1.29 is 22.4 Å². The first-order valence-corrected chi connectivity index (χ1v) is 11.1. The van der Waals surface area contributed by atoms with E-state index in [-0.39, 0.29) is 24.7 Å². The van der Waals surface area contributed by atoms with E-state index in [2.05, 4.69) is 20.2 Å². The highest BCUT2D eigenvalue weighted by Crippen LogP contribution is 2.41. The van der Waals surface area contributed by atoms with Gasteiger partial charge in [-0.15, -0.1) is 0 Å². The Morgan fingerprint density at radius 2 is 1.85 bits per heavy atom. The van der Waals surface area contributed by atoms with Crippen LogP contribution in [0.5, 0.6) is 0 Å². The number of carbonyl (C=O) groups excluding carboxylic acids is 1. The maximum absolute atomic E-state index is 13.5. The van der Waals surface area contributed by atoms with E-state index < -0.39 is 23.9 Å². The second-order valence-corrected chi connectivity index (χ2v) is 8.77. The molecule has 0 spiro atoms. The molecule has 0 radical (unpaired) electrons. The number of nitrogens with one attached hydrogen (secondary N) is 1. The average molecular weight is 464 g/mol. The van der Waals surface area contributed by atoms with Crippen LogP contribution in [0.4, 0.5) is 45.4 Å². The van der Waals surface area contributed by atoms with Gasteiger partial charge in [0.05, 0.1) is 35.7 Å². The summed E-state index contributed by atoms with van der Waals surface area (Å²) in [6.07, 6.45) is 0.360. The largest absolute Gasteiger partial charge is 0.393 e. The maximum Gasteiger partial charge on any atom is 0.393 e. The van der Waals surface area contributed by atoms with Gasteiger partial charge in [-0.1, -0.05) is 0 Å². The van der Waals surface area contributed by atoms with Gasteiger partial charge in [0, 0.05) is 32.2 Å². The number of hydrogen-bond donors (Lipinski definition) is 1. The van der Waals surface area contributed by atoms with Gasteiger partial charge in [0.1, 0.15) is 11.6 Å². The van der Waals surface area contributed by atoms with Crippen LogP contribution in [-0.2, 0) is 0 Å². The molecule has 5 heterocycles. The number of amides is 2. The number of hydrogen-bond acceptors (Lipinski definition) is 5. The Bertz CT molecular complexity index is 1050. The molecule has 1 N–H and O–H groups in total. The summed E-state index contributed by atoms with van der Waals surface area (Å²) in [5, 5.41) is 2.69. The number of piperidine rings is 2. The summed E-state index contributed by atoms with van der Waals surface area (Å²) in [4.78, 5) is 27.1. The van der Waals surface area contributed by atoms with E-state index in [9.17, 15) is 22.4 Å². The van der Waals surface area contributed by atoms with E-state index in [1.54, 1.807) is 15.9 Å². The number of anilines is 4. The van der Waals surface area contributed by atoms with Gasteiger partial charge in [-0.25, -0.2) is 14.2 Å². The van der Waals surface area contributed by atoms with Crippen LogP contribution in [0.25, 0.3) is 0 Å². The normalized spacial score (nSPS) is 22.7. The third-order valence-electron chi connectivity index (χ3n) is 6.55. The van der Waals surface area contributed by atoms with E-state index in [0.717, 1.165) is 31.3 Å². The molecule has 2 amide bonds. The lowest BCUT2D eigenvalue weighted by molar-refractivity contribution is -0.176. The van der Waals surface area contributed by atoms with Crippen LogP contribution >= 0.6 is 0 Å². The Kier molecular flexibility index (Phi) is 5.49. The highest BCUT2D eigenvalue weighted by molar-refractivity contribution is 6.04. The zero-order valence-corrected chi connectivity index (χ0v) is 17.9. The van der Waals surface area contributed by atoms with Crippen LogP contribution in [0.3, 0.4) is 0 Å². The van der Waals surface area contributed by atoms with E-state index in [1.807, 2.05) is 6.07 Å². The monoisotopic (exact) mass is 464 g/mol. The van der Waals surface area contributed by atoms with Crippen molar-refractivity contribution in [2.45, 2.75) is 37.9 Å². The molecule has 2 fully saturated rings. The molecule has 2 atom stereocenters. The molecule has 2 aromatic heterocycles. The summed E-state index contributed by atoms with van der Waals surface area (Å²) in [5.74, 6) is -1.12. The molecule has 0 saturated carbocycles. The Labute approximate surface area is 188 Å². The van der Waals surface area contributed by atoms with Crippen LogP contribution in [0, 0.1) is 11.7 Å². The van der Waals surface area contributed by atoms with E-state index in [1.165, 1.54) is 12.3 Å². The van der Waals surface area contributed by atoms with E-state index in [4.69, 9.17) is 0 Å². The highest BCUT2D eigenvalue weighted by atomic mass is 19.4. The number of pyridine rings is 2. The van der Waals surface area contributed by atoms with Crippen LogP contribution in [0.1, 0.15) is 25.7 Å². The number of halogens is 4. The molecule has 176 valence electrons. The first-order valence-electron chi connectivity index (χ1n) is 11.1. The van der Waals surface area contributed by atoms with Crippen molar-refractivity contribution in [3.05, 3.63) is 36.4 Å². The predicted molar refractivity (Wildman–Crippen MR) is 116 cm³/mol. The molecule has 2 bridgehead atoms. The van der Waals surface area contributed by atoms with Crippen molar-refractivity contribution in [2.75, 3.05) is 46.2 Å². The Hall–Kier alpha value is -3.11. The van der Waals surface area contributed by atoms with Crippen molar-refractivity contribution in [2.24, 2.45) is 5.92 Å². The average Bonchev–Trinajstić information content (AvgIpc) is 2.78. The number of aromatic nitrogens is 2. The topological polar surface area (TPSA) is 64.6 Å². The number of fused-ring (bicyclic) bond motifs is 4. The zero-order valence-electron chi connectivity index (χ0n) is 17.9. The van der Waals surface area contributed by atoms with Gasteiger partial charge in [-0.05, 0) is 37.8 Å². The SMILES string of the molecule is O=C(Nc1cncc(F)c1)N1c2nc(N3CCCC(C(F)(F)F)C3)ccc2N2CCCC1C2. The van der Waals surface area contributed by atoms with Gasteiger partial charge < -0.3 is 15.1 Å². The molecule has 2 unspecified atom stereocenters. The van der Waals surface area contributed by atoms with Gasteiger partial charge in [0.2, 0.25) is 0 Å². The van der Waals surface area contributed by atoms with Gasteiger partial charge >= 0.3 is 12.2 Å². The second-order valence-electron chi connectivity index (χ2n) is 8.77. The summed E-state index contributed by atoms with van der Waals surface area (Å²) in [5.41, 5.74) is 0.992. The molecule has 33 heavy (non-hydrogen) atoms. The molecule has 3 aliphatic rings. The Balaban J connectivity index is 1.46. The van der Waals surface area contributed by atoms with Gasteiger partial charge in [0.25, 0.3) is 0 Å². The van der Waals surface area contributed by atoms with Crippen molar-refractivity contribution in [3.63, 3.8) is 0 Å². The first-order chi connectivity index (χ1) is 15.8. The van der Waals surface area contributed by atoms with Crippen molar-refractivity contribution in [1.82, 2.24) is 9.97 Å². The maximum atomic E-state index is 13.5. The molecule has 11 heteroatoms. The third-order valence-corrected chi connectivity index (χ3v) is 6.55. The van der Waals surface area contributed by atoms with Gasteiger partial charge in [-0.2, -0.15) is 13.2 Å². The van der Waals surface area contributed by atoms with Crippen LogP contribution in [0.15, 0.2) is 30.6 Å².